The van der Waals surface area contributed by atoms with E-state index in [0.29, 0.717) is 6.04 Å². The Kier molecular flexibility index (Phi) is 3.94. The second-order valence-corrected chi connectivity index (χ2v) is 6.58. The van der Waals surface area contributed by atoms with Crippen LogP contribution in [0.2, 0.25) is 5.02 Å². The molecule has 2 aliphatic rings. The Bertz CT molecular complexity index is 460. The van der Waals surface area contributed by atoms with Gasteiger partial charge in [-0.25, -0.2) is 0 Å². The van der Waals surface area contributed by atoms with Crippen molar-refractivity contribution in [3.8, 4) is 0 Å². The van der Waals surface area contributed by atoms with Crippen LogP contribution in [0, 0.1) is 11.8 Å². The van der Waals surface area contributed by atoms with Crippen LogP contribution in [-0.2, 0) is 6.54 Å². The minimum Gasteiger partial charge on any atom is -0.360 e. The summed E-state index contributed by atoms with van der Waals surface area (Å²) in [5.41, 5.74) is 1.20. The molecule has 2 aliphatic carbocycles. The van der Waals surface area contributed by atoms with Gasteiger partial charge in [-0.2, -0.15) is 0 Å². The quantitative estimate of drug-likeness (QED) is 0.835. The van der Waals surface area contributed by atoms with Crippen molar-refractivity contribution in [2.45, 2.75) is 38.3 Å². The zero-order valence-corrected chi connectivity index (χ0v) is 12.4. The maximum absolute atomic E-state index is 5.87. The van der Waals surface area contributed by atoms with E-state index >= 15 is 0 Å². The molecule has 0 spiro atoms. The lowest BCUT2D eigenvalue weighted by molar-refractivity contribution is 0.389. The molecule has 0 heterocycles. The van der Waals surface area contributed by atoms with Crippen LogP contribution in [0.5, 0.6) is 0 Å². The summed E-state index contributed by atoms with van der Waals surface area (Å²) in [5.74, 6) is 1.79. The molecule has 3 atom stereocenters. The first-order valence-corrected chi connectivity index (χ1v) is 7.78. The van der Waals surface area contributed by atoms with E-state index in [1.54, 1.807) is 0 Å². The Balaban J connectivity index is 1.45. The molecule has 0 radical (unpaired) electrons. The van der Waals surface area contributed by atoms with E-state index < -0.39 is 0 Å². The van der Waals surface area contributed by atoms with E-state index in [0.717, 1.165) is 28.5 Å². The second kappa shape index (κ2) is 5.68. The maximum Gasteiger partial charge on any atom is 0.166 e. The van der Waals surface area contributed by atoms with Crippen molar-refractivity contribution in [2.75, 3.05) is 0 Å². The molecule has 2 nitrogen and oxygen atoms in total. The van der Waals surface area contributed by atoms with Gasteiger partial charge in [-0.15, -0.1) is 0 Å². The van der Waals surface area contributed by atoms with Gasteiger partial charge in [0.2, 0.25) is 0 Å². The fraction of sp³-hybridized carbons (Fsp3) is 0.533. The fourth-order valence-corrected chi connectivity index (χ4v) is 3.78. The van der Waals surface area contributed by atoms with Crippen LogP contribution in [0.25, 0.3) is 0 Å². The molecule has 1 aromatic carbocycles. The maximum atomic E-state index is 5.87. The van der Waals surface area contributed by atoms with Crippen LogP contribution >= 0.6 is 23.8 Å². The molecule has 2 fully saturated rings. The molecule has 1 aromatic rings. The number of thiocarbonyl (C=S) groups is 1. The number of rotatable bonds is 3. The predicted octanol–water partition coefficient (Wildman–Crippen LogP) is 3.49. The van der Waals surface area contributed by atoms with E-state index in [1.165, 1.54) is 31.2 Å². The highest BCUT2D eigenvalue weighted by atomic mass is 35.5. The van der Waals surface area contributed by atoms with Crippen LogP contribution < -0.4 is 10.6 Å². The van der Waals surface area contributed by atoms with Gasteiger partial charge in [0.05, 0.1) is 0 Å². The SMILES string of the molecule is S=C(NCc1ccc(Cl)cc1)N[C@@H]1C[C@H]2CC[C@H]1C2. The van der Waals surface area contributed by atoms with Crippen LogP contribution in [0.4, 0.5) is 0 Å². The van der Waals surface area contributed by atoms with Gasteiger partial charge in [0.1, 0.15) is 0 Å². The molecule has 0 aliphatic heterocycles. The van der Waals surface area contributed by atoms with Crippen molar-refractivity contribution in [2.24, 2.45) is 11.8 Å². The van der Waals surface area contributed by atoms with E-state index in [1.807, 2.05) is 24.3 Å². The molecule has 0 saturated heterocycles. The minimum absolute atomic E-state index is 0.601. The van der Waals surface area contributed by atoms with Crippen molar-refractivity contribution < 1.29 is 0 Å². The predicted molar refractivity (Wildman–Crippen MR) is 83.3 cm³/mol. The third kappa shape index (κ3) is 3.21. The highest BCUT2D eigenvalue weighted by molar-refractivity contribution is 7.80. The summed E-state index contributed by atoms with van der Waals surface area (Å²) in [5, 5.41) is 8.32. The molecule has 2 N–H and O–H groups in total. The molecular weight excluding hydrogens is 276 g/mol. The zero-order valence-electron chi connectivity index (χ0n) is 10.9. The summed E-state index contributed by atoms with van der Waals surface area (Å²) in [7, 11) is 0. The van der Waals surface area contributed by atoms with Crippen molar-refractivity contribution >= 4 is 28.9 Å². The molecule has 19 heavy (non-hydrogen) atoms. The molecular formula is C15H19ClN2S. The van der Waals surface area contributed by atoms with Gasteiger partial charge in [0.25, 0.3) is 0 Å². The van der Waals surface area contributed by atoms with E-state index in [9.17, 15) is 0 Å². The summed E-state index contributed by atoms with van der Waals surface area (Å²) in [4.78, 5) is 0. The molecule has 2 saturated carbocycles. The van der Waals surface area contributed by atoms with E-state index in [-0.39, 0.29) is 0 Å². The molecule has 0 unspecified atom stereocenters. The summed E-state index contributed by atoms with van der Waals surface area (Å²) in [6.45, 7) is 0.754. The van der Waals surface area contributed by atoms with Gasteiger partial charge in [-0.3, -0.25) is 0 Å². The average molecular weight is 295 g/mol. The first-order chi connectivity index (χ1) is 9.20. The first kappa shape index (κ1) is 13.2. The third-order valence-corrected chi connectivity index (χ3v) is 4.94. The van der Waals surface area contributed by atoms with Gasteiger partial charge in [0, 0.05) is 17.6 Å². The van der Waals surface area contributed by atoms with Gasteiger partial charge in [-0.1, -0.05) is 30.2 Å². The molecule has 3 rings (SSSR count). The zero-order chi connectivity index (χ0) is 13.2. The Hall–Kier alpha value is -0.800. The highest BCUT2D eigenvalue weighted by Gasteiger charge is 2.39. The lowest BCUT2D eigenvalue weighted by Gasteiger charge is -2.24. The summed E-state index contributed by atoms with van der Waals surface area (Å²) >= 11 is 11.2. The monoisotopic (exact) mass is 294 g/mol. The number of halogens is 1. The number of benzene rings is 1. The van der Waals surface area contributed by atoms with Gasteiger partial charge in [-0.05, 0) is 61.0 Å². The Morgan fingerprint density at radius 3 is 2.63 bits per heavy atom. The highest BCUT2D eigenvalue weighted by Crippen LogP contribution is 2.44. The van der Waals surface area contributed by atoms with Crippen LogP contribution in [-0.4, -0.2) is 11.2 Å². The number of hydrogen-bond donors (Lipinski definition) is 2. The van der Waals surface area contributed by atoms with Gasteiger partial charge < -0.3 is 10.6 Å². The fourth-order valence-electron chi connectivity index (χ4n) is 3.43. The standard InChI is InChI=1S/C15H19ClN2S/c16-13-5-2-10(3-6-13)9-17-15(19)18-14-8-11-1-4-12(14)7-11/h2-3,5-6,11-12,14H,1,4,7-9H2,(H2,17,18,19)/t11-,12-,14+/m0/s1. The lowest BCUT2D eigenvalue weighted by Crippen LogP contribution is -2.43. The van der Waals surface area contributed by atoms with Crippen LogP contribution in [0.1, 0.15) is 31.2 Å². The Morgan fingerprint density at radius 1 is 1.21 bits per heavy atom. The molecule has 0 aromatic heterocycles. The number of hydrogen-bond acceptors (Lipinski definition) is 1. The molecule has 4 heteroatoms. The minimum atomic E-state index is 0.601. The van der Waals surface area contributed by atoms with Gasteiger partial charge >= 0.3 is 0 Å². The van der Waals surface area contributed by atoms with Crippen molar-refractivity contribution in [3.63, 3.8) is 0 Å². The lowest BCUT2D eigenvalue weighted by atomic mass is 9.96. The molecule has 2 bridgehead atoms. The summed E-state index contributed by atoms with van der Waals surface area (Å²) in [6, 6.07) is 8.46. The van der Waals surface area contributed by atoms with Crippen molar-refractivity contribution in [3.05, 3.63) is 34.9 Å². The second-order valence-electron chi connectivity index (χ2n) is 5.73. The third-order valence-electron chi connectivity index (χ3n) is 4.42. The number of nitrogens with one attached hydrogen (secondary N) is 2. The van der Waals surface area contributed by atoms with Gasteiger partial charge in [0.15, 0.2) is 5.11 Å². The average Bonchev–Trinajstić information content (AvgIpc) is 3.00. The van der Waals surface area contributed by atoms with Crippen LogP contribution in [0.3, 0.4) is 0 Å². The summed E-state index contributed by atoms with van der Waals surface area (Å²) in [6.07, 6.45) is 5.50. The number of fused-ring (bicyclic) bond motifs is 2. The Labute approximate surface area is 124 Å². The smallest absolute Gasteiger partial charge is 0.166 e. The van der Waals surface area contributed by atoms with Crippen LogP contribution in [0.15, 0.2) is 24.3 Å². The topological polar surface area (TPSA) is 24.1 Å². The normalized spacial score (nSPS) is 28.4. The summed E-state index contributed by atoms with van der Waals surface area (Å²) < 4.78 is 0. The van der Waals surface area contributed by atoms with E-state index in [4.69, 9.17) is 23.8 Å². The molecule has 102 valence electrons. The van der Waals surface area contributed by atoms with Crippen molar-refractivity contribution in [1.82, 2.24) is 10.6 Å². The first-order valence-electron chi connectivity index (χ1n) is 6.99. The van der Waals surface area contributed by atoms with Crippen molar-refractivity contribution in [1.29, 1.82) is 0 Å². The van der Waals surface area contributed by atoms with E-state index in [2.05, 4.69) is 10.6 Å². The largest absolute Gasteiger partial charge is 0.360 e. The Morgan fingerprint density at radius 2 is 2.00 bits per heavy atom. The molecule has 0 amide bonds.